The van der Waals surface area contributed by atoms with Gasteiger partial charge >= 0.3 is 0 Å². The Hall–Kier alpha value is -4.04. The molecule has 0 spiro atoms. The molecule has 2 aliphatic rings. The largest absolute Gasteiger partial charge is 0.456 e. The molecule has 0 fully saturated rings. The van der Waals surface area contributed by atoms with Gasteiger partial charge < -0.3 is 9.15 Å². The summed E-state index contributed by atoms with van der Waals surface area (Å²) < 4.78 is 12.7. The number of hydrogen-bond acceptors (Lipinski definition) is 2. The van der Waals surface area contributed by atoms with Gasteiger partial charge in [0, 0.05) is 27.3 Å². The molecule has 156 valence electrons. The van der Waals surface area contributed by atoms with E-state index in [1.165, 1.54) is 38.6 Å². The predicted molar refractivity (Wildman–Crippen MR) is 134 cm³/mol. The van der Waals surface area contributed by atoms with Crippen molar-refractivity contribution in [3.05, 3.63) is 96.1 Å². The number of benzene rings is 5. The van der Waals surface area contributed by atoms with E-state index < -0.39 is 0 Å². The van der Waals surface area contributed by atoms with Crippen LogP contribution in [-0.4, -0.2) is 0 Å². The first-order valence-electron chi connectivity index (χ1n) is 11.6. The summed E-state index contributed by atoms with van der Waals surface area (Å²) in [5.74, 6) is 2.36. The molecule has 0 radical (unpaired) electrons. The number of rotatable bonds is 1. The van der Waals surface area contributed by atoms with Crippen LogP contribution < -0.4 is 4.74 Å². The number of para-hydroxylation sites is 1. The highest BCUT2D eigenvalue weighted by molar-refractivity contribution is 6.08. The monoisotopic (exact) mass is 424 g/mol. The molecule has 5 aromatic carbocycles. The zero-order chi connectivity index (χ0) is 21.7. The summed E-state index contributed by atoms with van der Waals surface area (Å²) >= 11 is 0. The maximum absolute atomic E-state index is 6.54. The van der Waals surface area contributed by atoms with Crippen LogP contribution in [0.5, 0.6) is 11.5 Å². The van der Waals surface area contributed by atoms with Gasteiger partial charge in [-0.25, -0.2) is 0 Å². The fraction of sp³-hybridized carbons (Fsp3) is 0.0968. The lowest BCUT2D eigenvalue weighted by atomic mass is 9.75. The number of furan rings is 1. The van der Waals surface area contributed by atoms with Crippen molar-refractivity contribution >= 4 is 32.7 Å². The Morgan fingerprint density at radius 3 is 2.58 bits per heavy atom. The van der Waals surface area contributed by atoms with Crippen LogP contribution in [-0.2, 0) is 6.42 Å². The van der Waals surface area contributed by atoms with E-state index in [4.69, 9.17) is 9.15 Å². The molecule has 1 unspecified atom stereocenters. The van der Waals surface area contributed by atoms with Gasteiger partial charge in [0.15, 0.2) is 0 Å². The lowest BCUT2D eigenvalue weighted by molar-refractivity contribution is 0.484. The third kappa shape index (κ3) is 2.28. The fourth-order valence-corrected chi connectivity index (χ4v) is 5.93. The first kappa shape index (κ1) is 17.5. The molecule has 2 nitrogen and oxygen atoms in total. The molecular formula is C31H20O2. The molecular weight excluding hydrogens is 404 g/mol. The Kier molecular flexibility index (Phi) is 3.21. The minimum atomic E-state index is 0.437. The molecule has 0 saturated carbocycles. The molecule has 2 heterocycles. The predicted octanol–water partition coefficient (Wildman–Crippen LogP) is 8.84. The summed E-state index contributed by atoms with van der Waals surface area (Å²) in [6, 6.07) is 30.3. The molecule has 33 heavy (non-hydrogen) atoms. The van der Waals surface area contributed by atoms with E-state index in [0.717, 1.165) is 45.4 Å². The third-order valence-corrected chi connectivity index (χ3v) is 7.47. The number of hydrogen-bond donors (Lipinski definition) is 0. The van der Waals surface area contributed by atoms with Crippen LogP contribution in [0.3, 0.4) is 0 Å². The minimum absolute atomic E-state index is 0.437. The Morgan fingerprint density at radius 2 is 1.61 bits per heavy atom. The zero-order valence-electron chi connectivity index (χ0n) is 18.2. The van der Waals surface area contributed by atoms with Crippen molar-refractivity contribution in [2.75, 3.05) is 0 Å². The van der Waals surface area contributed by atoms with E-state index in [-0.39, 0.29) is 0 Å². The van der Waals surface area contributed by atoms with Crippen molar-refractivity contribution in [3.8, 4) is 33.8 Å². The lowest BCUT2D eigenvalue weighted by Crippen LogP contribution is -2.12. The summed E-state index contributed by atoms with van der Waals surface area (Å²) in [7, 11) is 0. The van der Waals surface area contributed by atoms with E-state index in [1.807, 2.05) is 12.1 Å². The summed E-state index contributed by atoms with van der Waals surface area (Å²) in [6.45, 7) is 2.33. The van der Waals surface area contributed by atoms with E-state index >= 15 is 0 Å². The van der Waals surface area contributed by atoms with Gasteiger partial charge in [-0.05, 0) is 76.4 Å². The molecule has 0 saturated heterocycles. The van der Waals surface area contributed by atoms with E-state index in [1.54, 1.807) is 0 Å². The van der Waals surface area contributed by atoms with Gasteiger partial charge in [0.25, 0.3) is 0 Å². The van der Waals surface area contributed by atoms with Crippen molar-refractivity contribution < 1.29 is 9.15 Å². The Bertz CT molecular complexity index is 1790. The van der Waals surface area contributed by atoms with Crippen LogP contribution in [0.15, 0.2) is 89.3 Å². The maximum atomic E-state index is 6.54. The second-order valence-electron chi connectivity index (χ2n) is 9.41. The molecule has 0 amide bonds. The quantitative estimate of drug-likeness (QED) is 0.263. The van der Waals surface area contributed by atoms with Crippen LogP contribution in [0.1, 0.15) is 24.0 Å². The van der Waals surface area contributed by atoms with Gasteiger partial charge in [0.2, 0.25) is 0 Å². The highest BCUT2D eigenvalue weighted by Gasteiger charge is 2.31. The molecule has 1 aromatic heterocycles. The minimum Gasteiger partial charge on any atom is -0.456 e. The van der Waals surface area contributed by atoms with Crippen molar-refractivity contribution in [1.82, 2.24) is 0 Å². The topological polar surface area (TPSA) is 22.4 Å². The van der Waals surface area contributed by atoms with Crippen LogP contribution in [0.2, 0.25) is 0 Å². The molecule has 2 heteroatoms. The zero-order valence-corrected chi connectivity index (χ0v) is 18.2. The van der Waals surface area contributed by atoms with Crippen molar-refractivity contribution in [3.63, 3.8) is 0 Å². The average molecular weight is 424 g/mol. The van der Waals surface area contributed by atoms with Gasteiger partial charge in [0.1, 0.15) is 22.7 Å². The van der Waals surface area contributed by atoms with E-state index in [2.05, 4.69) is 79.7 Å². The highest BCUT2D eigenvalue weighted by atomic mass is 16.5. The van der Waals surface area contributed by atoms with Gasteiger partial charge in [-0.15, -0.1) is 0 Å². The third-order valence-electron chi connectivity index (χ3n) is 7.47. The van der Waals surface area contributed by atoms with Crippen LogP contribution >= 0.6 is 0 Å². The fourth-order valence-electron chi connectivity index (χ4n) is 5.93. The van der Waals surface area contributed by atoms with Crippen molar-refractivity contribution in [1.29, 1.82) is 0 Å². The second-order valence-corrected chi connectivity index (χ2v) is 9.41. The number of fused-ring (bicyclic) bond motifs is 3. The SMILES string of the molecule is CC1Cc2ccc3cccc4c3c2-c2c(cc(-c3ccc5c(c3)oc3ccccc35)cc21)O4. The maximum Gasteiger partial charge on any atom is 0.136 e. The number of ether oxygens (including phenoxy) is 1. The average Bonchev–Trinajstić information content (AvgIpc) is 3.22. The Morgan fingerprint density at radius 1 is 0.697 bits per heavy atom. The Labute approximate surface area is 191 Å². The molecule has 8 rings (SSSR count). The smallest absolute Gasteiger partial charge is 0.136 e. The molecule has 1 aliphatic carbocycles. The highest BCUT2D eigenvalue weighted by Crippen LogP contribution is 2.55. The van der Waals surface area contributed by atoms with Gasteiger partial charge in [-0.2, -0.15) is 0 Å². The summed E-state index contributed by atoms with van der Waals surface area (Å²) in [5, 5.41) is 4.82. The summed E-state index contributed by atoms with van der Waals surface area (Å²) in [4.78, 5) is 0. The van der Waals surface area contributed by atoms with Crippen molar-refractivity contribution in [2.24, 2.45) is 0 Å². The molecule has 0 bridgehead atoms. The van der Waals surface area contributed by atoms with Gasteiger partial charge in [0.05, 0.1) is 0 Å². The van der Waals surface area contributed by atoms with Crippen LogP contribution in [0, 0.1) is 0 Å². The molecule has 1 atom stereocenters. The Balaban J connectivity index is 1.39. The first-order chi connectivity index (χ1) is 16.2. The second kappa shape index (κ2) is 6.05. The standard InChI is InChI=1S/C31H20O2/c1-17-13-20-10-9-18-5-4-8-26-29(18)30(20)31-24(17)14-21(16-28(31)33-26)19-11-12-23-22-6-2-3-7-25(22)32-27(23)15-19/h2-12,14-17H,13H2,1H3. The summed E-state index contributed by atoms with van der Waals surface area (Å²) in [5.41, 5.74) is 9.63. The first-order valence-corrected chi connectivity index (χ1v) is 11.6. The lowest BCUT2D eigenvalue weighted by Gasteiger charge is -2.32. The normalized spacial score (nSPS) is 15.8. The van der Waals surface area contributed by atoms with E-state index in [9.17, 15) is 0 Å². The van der Waals surface area contributed by atoms with Gasteiger partial charge in [-0.3, -0.25) is 0 Å². The molecule has 1 aliphatic heterocycles. The molecule has 6 aromatic rings. The van der Waals surface area contributed by atoms with Crippen LogP contribution in [0.25, 0.3) is 55.0 Å². The summed E-state index contributed by atoms with van der Waals surface area (Å²) in [6.07, 6.45) is 1.05. The molecule has 0 N–H and O–H groups in total. The van der Waals surface area contributed by atoms with Crippen LogP contribution in [0.4, 0.5) is 0 Å². The van der Waals surface area contributed by atoms with Gasteiger partial charge in [-0.1, -0.05) is 55.5 Å². The van der Waals surface area contributed by atoms with E-state index in [0.29, 0.717) is 5.92 Å². The van der Waals surface area contributed by atoms with Crippen molar-refractivity contribution in [2.45, 2.75) is 19.3 Å².